The molecule has 5 nitrogen and oxygen atoms in total. The summed E-state index contributed by atoms with van der Waals surface area (Å²) >= 11 is 10.5. The van der Waals surface area contributed by atoms with E-state index in [0.717, 1.165) is 11.3 Å². The molecule has 1 aromatic carbocycles. The average molecular weight is 392 g/mol. The fraction of sp³-hybridized carbons (Fsp3) is 0.211. The molecule has 2 heterocycles. The van der Waals surface area contributed by atoms with Gasteiger partial charge in [0.1, 0.15) is 17.3 Å². The van der Waals surface area contributed by atoms with Gasteiger partial charge in [0, 0.05) is 17.1 Å². The Morgan fingerprint density at radius 3 is 2.73 bits per heavy atom. The van der Waals surface area contributed by atoms with Crippen LogP contribution in [0.3, 0.4) is 0 Å². The molecule has 0 saturated heterocycles. The molecule has 136 valence electrons. The van der Waals surface area contributed by atoms with Gasteiger partial charge in [0.25, 0.3) is 0 Å². The van der Waals surface area contributed by atoms with Crippen molar-refractivity contribution in [3.63, 3.8) is 0 Å². The number of anilines is 1. The van der Waals surface area contributed by atoms with Crippen molar-refractivity contribution in [3.8, 4) is 0 Å². The van der Waals surface area contributed by atoms with Crippen molar-refractivity contribution < 1.29 is 18.7 Å². The van der Waals surface area contributed by atoms with Crippen LogP contribution >= 0.6 is 24.2 Å². The highest BCUT2D eigenvalue weighted by Gasteiger charge is 2.25. The quantitative estimate of drug-likeness (QED) is 0.477. The number of carboxylic acid groups (broad SMARTS) is 1. The van der Waals surface area contributed by atoms with E-state index in [1.807, 2.05) is 19.1 Å². The highest BCUT2D eigenvalue weighted by atomic mass is 35.5. The summed E-state index contributed by atoms with van der Waals surface area (Å²) in [5.74, 6) is 0.610. The summed E-state index contributed by atoms with van der Waals surface area (Å²) < 4.78 is 11.1. The Balaban J connectivity index is 1.79. The molecule has 0 radical (unpaired) electrons. The van der Waals surface area contributed by atoms with Gasteiger partial charge in [-0.15, -0.1) is 0 Å². The van der Waals surface area contributed by atoms with Crippen LogP contribution in [0.4, 0.5) is 5.69 Å². The molecule has 2 unspecified atom stereocenters. The van der Waals surface area contributed by atoms with Crippen molar-refractivity contribution in [1.29, 1.82) is 0 Å². The lowest BCUT2D eigenvalue weighted by atomic mass is 10.1. The van der Waals surface area contributed by atoms with Gasteiger partial charge in [-0.1, -0.05) is 17.7 Å². The monoisotopic (exact) mass is 391 g/mol. The molecule has 0 aliphatic rings. The molecule has 2 atom stereocenters. The summed E-state index contributed by atoms with van der Waals surface area (Å²) in [4.78, 5) is 11.7. The third-order valence-electron chi connectivity index (χ3n) is 3.98. The zero-order valence-corrected chi connectivity index (χ0v) is 15.6. The average Bonchev–Trinajstić information content (AvgIpc) is 3.27. The lowest BCUT2D eigenvalue weighted by Gasteiger charge is -2.16. The number of nitrogens with one attached hydrogen (secondary N) is 1. The van der Waals surface area contributed by atoms with Crippen molar-refractivity contribution in [2.24, 2.45) is 0 Å². The summed E-state index contributed by atoms with van der Waals surface area (Å²) in [6, 6.07) is 11.3. The fourth-order valence-corrected chi connectivity index (χ4v) is 3.07. The number of rotatable bonds is 7. The van der Waals surface area contributed by atoms with Gasteiger partial charge in [0.05, 0.1) is 11.5 Å². The number of halogens is 1. The minimum atomic E-state index is -1.05. The number of aliphatic carboxylic acids is 1. The summed E-state index contributed by atoms with van der Waals surface area (Å²) in [5.41, 5.74) is 1.53. The highest BCUT2D eigenvalue weighted by molar-refractivity contribution is 7.80. The minimum Gasteiger partial charge on any atom is -0.479 e. The third kappa shape index (κ3) is 4.26. The first-order chi connectivity index (χ1) is 12.4. The number of hydrogen-bond donors (Lipinski definition) is 3. The van der Waals surface area contributed by atoms with Crippen molar-refractivity contribution in [3.05, 3.63) is 76.6 Å². The first-order valence-electron chi connectivity index (χ1n) is 7.99. The van der Waals surface area contributed by atoms with E-state index >= 15 is 0 Å². The fourth-order valence-electron chi connectivity index (χ4n) is 2.58. The molecule has 3 rings (SSSR count). The first kappa shape index (κ1) is 18.5. The summed E-state index contributed by atoms with van der Waals surface area (Å²) in [6.45, 7) is 1.87. The molecular formula is C19H18ClNO4S. The summed E-state index contributed by atoms with van der Waals surface area (Å²) in [6.07, 6.45) is 2.14. The smallest absolute Gasteiger partial charge is 0.334 e. The maximum Gasteiger partial charge on any atom is 0.334 e. The number of carbonyl (C=O) groups is 1. The topological polar surface area (TPSA) is 75.6 Å². The molecule has 0 aliphatic carbocycles. The Hall–Kier alpha value is -2.31. The maximum atomic E-state index is 11.7. The Kier molecular flexibility index (Phi) is 5.64. The van der Waals surface area contributed by atoms with Crippen molar-refractivity contribution in [2.75, 3.05) is 5.32 Å². The summed E-state index contributed by atoms with van der Waals surface area (Å²) in [5, 5.41) is 12.9. The van der Waals surface area contributed by atoms with Gasteiger partial charge < -0.3 is 19.3 Å². The Labute approximate surface area is 161 Å². The van der Waals surface area contributed by atoms with E-state index in [1.54, 1.807) is 36.6 Å². The second-order valence-electron chi connectivity index (χ2n) is 5.91. The number of hydrogen-bond acceptors (Lipinski definition) is 5. The molecule has 0 bridgehead atoms. The molecule has 0 spiro atoms. The van der Waals surface area contributed by atoms with Gasteiger partial charge in [0.15, 0.2) is 6.04 Å². The molecule has 0 saturated carbocycles. The lowest BCUT2D eigenvalue weighted by molar-refractivity contribution is -0.138. The van der Waals surface area contributed by atoms with E-state index in [4.69, 9.17) is 20.4 Å². The maximum absolute atomic E-state index is 11.7. The molecule has 0 amide bonds. The van der Waals surface area contributed by atoms with Crippen molar-refractivity contribution >= 4 is 35.9 Å². The highest BCUT2D eigenvalue weighted by Crippen LogP contribution is 2.31. The minimum absolute atomic E-state index is 0.239. The van der Waals surface area contributed by atoms with Gasteiger partial charge in [-0.3, -0.25) is 0 Å². The van der Waals surface area contributed by atoms with Crippen LogP contribution in [-0.4, -0.2) is 11.1 Å². The van der Waals surface area contributed by atoms with Crippen molar-refractivity contribution in [1.82, 2.24) is 0 Å². The zero-order valence-electron chi connectivity index (χ0n) is 14.0. The van der Waals surface area contributed by atoms with Crippen LogP contribution in [0.15, 0.2) is 57.6 Å². The van der Waals surface area contributed by atoms with Crippen LogP contribution < -0.4 is 5.32 Å². The Bertz CT molecular complexity index is 891. The zero-order chi connectivity index (χ0) is 18.7. The van der Waals surface area contributed by atoms with E-state index in [1.165, 1.54) is 0 Å². The predicted octanol–water partition coefficient (Wildman–Crippen LogP) is 5.29. The first-order valence-corrected chi connectivity index (χ1v) is 8.89. The molecule has 0 fully saturated rings. The normalized spacial score (nSPS) is 13.3. The van der Waals surface area contributed by atoms with Crippen LogP contribution in [0.1, 0.15) is 34.1 Å². The van der Waals surface area contributed by atoms with E-state index in [0.29, 0.717) is 28.7 Å². The van der Waals surface area contributed by atoms with Crippen LogP contribution in [0.5, 0.6) is 0 Å². The second kappa shape index (κ2) is 7.93. The SMILES string of the molecule is Cc1ccc(Cl)cc1NC(C(=O)O)c1ccc(C(S)Cc2ccco2)o1. The van der Waals surface area contributed by atoms with Gasteiger partial charge in [-0.2, -0.15) is 12.6 Å². The number of thiol groups is 1. The van der Waals surface area contributed by atoms with Crippen LogP contribution in [0.2, 0.25) is 5.02 Å². The largest absolute Gasteiger partial charge is 0.479 e. The lowest BCUT2D eigenvalue weighted by Crippen LogP contribution is -2.20. The second-order valence-corrected chi connectivity index (χ2v) is 6.97. The number of benzene rings is 1. The van der Waals surface area contributed by atoms with Crippen LogP contribution in [0.25, 0.3) is 0 Å². The Morgan fingerprint density at radius 1 is 1.27 bits per heavy atom. The van der Waals surface area contributed by atoms with Gasteiger partial charge in [0.2, 0.25) is 0 Å². The van der Waals surface area contributed by atoms with Gasteiger partial charge in [-0.25, -0.2) is 4.79 Å². The van der Waals surface area contributed by atoms with E-state index < -0.39 is 12.0 Å². The molecule has 2 aromatic heterocycles. The third-order valence-corrected chi connectivity index (χ3v) is 4.65. The van der Waals surface area contributed by atoms with Crippen LogP contribution in [0, 0.1) is 6.92 Å². The Morgan fingerprint density at radius 2 is 2.04 bits per heavy atom. The predicted molar refractivity (Wildman–Crippen MR) is 103 cm³/mol. The van der Waals surface area contributed by atoms with Gasteiger partial charge >= 0.3 is 5.97 Å². The van der Waals surface area contributed by atoms with E-state index in [-0.39, 0.29) is 5.25 Å². The van der Waals surface area contributed by atoms with Gasteiger partial charge in [-0.05, 0) is 48.9 Å². The molecule has 0 aliphatic heterocycles. The standard InChI is InChI=1S/C19H18ClNO4S/c1-11-4-5-12(20)9-14(11)21-18(19(22)23)16-7-6-15(25-16)17(26)10-13-3-2-8-24-13/h2-9,17-18,21,26H,10H2,1H3,(H,22,23). The molecule has 26 heavy (non-hydrogen) atoms. The summed E-state index contributed by atoms with van der Waals surface area (Å²) in [7, 11) is 0. The van der Waals surface area contributed by atoms with E-state index in [9.17, 15) is 9.90 Å². The van der Waals surface area contributed by atoms with Crippen LogP contribution in [-0.2, 0) is 11.2 Å². The van der Waals surface area contributed by atoms with E-state index in [2.05, 4.69) is 17.9 Å². The number of aryl methyl sites for hydroxylation is 1. The molecule has 2 N–H and O–H groups in total. The van der Waals surface area contributed by atoms with Crippen molar-refractivity contribution in [2.45, 2.75) is 24.6 Å². The number of furan rings is 2. The molecular weight excluding hydrogens is 374 g/mol. The molecule has 3 aromatic rings. The number of carboxylic acids is 1. The molecule has 7 heteroatoms.